The molecule has 3 aromatic rings. The average Bonchev–Trinajstić information content (AvgIpc) is 3.21. The molecular formula is C18H18Cl2N4O3S2. The Balaban J connectivity index is 1.72. The van der Waals surface area contributed by atoms with Crippen LogP contribution in [0.2, 0.25) is 10.0 Å². The zero-order valence-corrected chi connectivity index (χ0v) is 18.7. The molecule has 0 saturated heterocycles. The van der Waals surface area contributed by atoms with E-state index in [-0.39, 0.29) is 23.1 Å². The van der Waals surface area contributed by atoms with Gasteiger partial charge in [-0.1, -0.05) is 23.2 Å². The van der Waals surface area contributed by atoms with E-state index in [1.807, 2.05) is 13.8 Å². The number of carbonyl (C=O) groups is 1. The topological polar surface area (TPSA) is 107 Å². The molecule has 1 aromatic carbocycles. The molecule has 29 heavy (non-hydrogen) atoms. The first-order valence-electron chi connectivity index (χ1n) is 8.45. The molecule has 2 heterocycles. The minimum atomic E-state index is -3.73. The number of sulfonamides is 1. The Morgan fingerprint density at radius 3 is 2.59 bits per heavy atom. The zero-order valence-electron chi connectivity index (χ0n) is 15.6. The molecule has 0 spiro atoms. The van der Waals surface area contributed by atoms with Gasteiger partial charge in [-0.3, -0.25) is 4.79 Å². The van der Waals surface area contributed by atoms with Crippen molar-refractivity contribution < 1.29 is 13.2 Å². The highest BCUT2D eigenvalue weighted by molar-refractivity contribution is 7.91. The van der Waals surface area contributed by atoms with Crippen LogP contribution in [0.15, 0.2) is 34.5 Å². The molecule has 0 saturated carbocycles. The number of halogens is 2. The van der Waals surface area contributed by atoms with Gasteiger partial charge in [-0.15, -0.1) is 11.3 Å². The lowest BCUT2D eigenvalue weighted by Crippen LogP contribution is -2.24. The molecule has 0 fully saturated rings. The quantitative estimate of drug-likeness (QED) is 0.573. The Morgan fingerprint density at radius 2 is 1.97 bits per heavy atom. The van der Waals surface area contributed by atoms with E-state index in [0.29, 0.717) is 20.6 Å². The number of carbonyl (C=O) groups excluding carboxylic acids is 1. The number of nitrogens with two attached hydrogens (primary N) is 1. The first kappa shape index (κ1) is 21.8. The molecule has 3 N–H and O–H groups in total. The third-order valence-electron chi connectivity index (χ3n) is 4.29. The molecule has 3 rings (SSSR count). The number of hydrogen-bond acceptors (Lipinski definition) is 5. The largest absolute Gasteiger partial charge is 0.351 e. The van der Waals surface area contributed by atoms with Crippen molar-refractivity contribution in [1.82, 2.24) is 15.1 Å². The fourth-order valence-corrected chi connectivity index (χ4v) is 5.04. The van der Waals surface area contributed by atoms with Crippen molar-refractivity contribution in [2.45, 2.75) is 31.0 Å². The second-order valence-corrected chi connectivity index (χ2v) is 10.2. The number of amides is 1. The lowest BCUT2D eigenvalue weighted by Gasteiger charge is -2.08. The lowest BCUT2D eigenvalue weighted by molar-refractivity contribution is -0.120. The summed E-state index contributed by atoms with van der Waals surface area (Å²) in [5, 5.41) is 13.4. The smallest absolute Gasteiger partial charge is 0.247 e. The highest BCUT2D eigenvalue weighted by Gasteiger charge is 2.18. The number of nitrogens with one attached hydrogen (secondary N) is 1. The van der Waals surface area contributed by atoms with Gasteiger partial charge in [-0.05, 0) is 44.2 Å². The highest BCUT2D eigenvalue weighted by Crippen LogP contribution is 2.27. The van der Waals surface area contributed by atoms with Gasteiger partial charge in [-0.25, -0.2) is 18.2 Å². The summed E-state index contributed by atoms with van der Waals surface area (Å²) in [5.41, 5.74) is 2.99. The van der Waals surface area contributed by atoms with E-state index in [2.05, 4.69) is 10.4 Å². The summed E-state index contributed by atoms with van der Waals surface area (Å²) < 4.78 is 24.4. The van der Waals surface area contributed by atoms with E-state index in [1.165, 1.54) is 6.07 Å². The standard InChI is InChI=1S/C18H18Cl2N4O3S2/c1-10-14(11(2)24(23-10)16-5-3-12(19)7-15(16)20)8-17(25)22-9-13-4-6-18(28-13)29(21,26)27/h3-7H,8-9H2,1-2H3,(H,22,25)(H2,21,26,27). The Bertz CT molecular complexity index is 1190. The summed E-state index contributed by atoms with van der Waals surface area (Å²) in [4.78, 5) is 13.1. The van der Waals surface area contributed by atoms with Gasteiger partial charge in [0.15, 0.2) is 0 Å². The maximum atomic E-state index is 12.4. The molecule has 11 heteroatoms. The molecule has 7 nitrogen and oxygen atoms in total. The average molecular weight is 473 g/mol. The summed E-state index contributed by atoms with van der Waals surface area (Å²) in [6.07, 6.45) is 0.135. The molecule has 0 aliphatic heterocycles. The molecule has 0 radical (unpaired) electrons. The van der Waals surface area contributed by atoms with Crippen molar-refractivity contribution in [3.8, 4) is 5.69 Å². The van der Waals surface area contributed by atoms with Crippen LogP contribution in [0.1, 0.15) is 21.8 Å². The predicted octanol–water partition coefficient (Wildman–Crippen LogP) is 3.36. The minimum Gasteiger partial charge on any atom is -0.351 e. The van der Waals surface area contributed by atoms with Crippen LogP contribution in [0.25, 0.3) is 5.69 Å². The van der Waals surface area contributed by atoms with E-state index in [9.17, 15) is 13.2 Å². The van der Waals surface area contributed by atoms with Gasteiger partial charge in [0.1, 0.15) is 4.21 Å². The molecule has 0 unspecified atom stereocenters. The van der Waals surface area contributed by atoms with Crippen molar-refractivity contribution in [3.63, 3.8) is 0 Å². The summed E-state index contributed by atoms with van der Waals surface area (Å²) in [7, 11) is -3.73. The molecule has 0 bridgehead atoms. The van der Waals surface area contributed by atoms with E-state index < -0.39 is 10.0 Å². The van der Waals surface area contributed by atoms with Crippen LogP contribution in [0.4, 0.5) is 0 Å². The fourth-order valence-electron chi connectivity index (χ4n) is 2.83. The third kappa shape index (κ3) is 4.99. The van der Waals surface area contributed by atoms with E-state index >= 15 is 0 Å². The molecule has 2 aromatic heterocycles. The Labute approximate surface area is 182 Å². The van der Waals surface area contributed by atoms with Gasteiger partial charge < -0.3 is 5.32 Å². The van der Waals surface area contributed by atoms with Crippen molar-refractivity contribution in [3.05, 3.63) is 62.2 Å². The van der Waals surface area contributed by atoms with Crippen molar-refractivity contribution in [2.75, 3.05) is 0 Å². The Kier molecular flexibility index (Phi) is 6.35. The SMILES string of the molecule is Cc1nn(-c2ccc(Cl)cc2Cl)c(C)c1CC(=O)NCc1ccc(S(N)(=O)=O)s1. The molecule has 0 aliphatic rings. The second-order valence-electron chi connectivity index (χ2n) is 6.38. The van der Waals surface area contributed by atoms with Crippen LogP contribution in [-0.4, -0.2) is 24.1 Å². The molecule has 154 valence electrons. The van der Waals surface area contributed by atoms with Crippen molar-refractivity contribution >= 4 is 50.5 Å². The number of hydrogen-bond donors (Lipinski definition) is 2. The Hall–Kier alpha value is -1.91. The summed E-state index contributed by atoms with van der Waals surface area (Å²) in [6, 6.07) is 8.19. The molecular weight excluding hydrogens is 455 g/mol. The van der Waals surface area contributed by atoms with Crippen LogP contribution in [-0.2, 0) is 27.8 Å². The van der Waals surface area contributed by atoms with E-state index in [1.54, 1.807) is 28.9 Å². The summed E-state index contributed by atoms with van der Waals surface area (Å²) in [6.45, 7) is 3.91. The number of rotatable bonds is 6. The van der Waals surface area contributed by atoms with Gasteiger partial charge in [0, 0.05) is 21.2 Å². The highest BCUT2D eigenvalue weighted by atomic mass is 35.5. The first-order chi connectivity index (χ1) is 13.6. The number of primary sulfonamides is 1. The fraction of sp³-hybridized carbons (Fsp3) is 0.222. The normalized spacial score (nSPS) is 11.6. The predicted molar refractivity (Wildman–Crippen MR) is 114 cm³/mol. The number of aromatic nitrogens is 2. The van der Waals surface area contributed by atoms with Gasteiger partial charge in [0.05, 0.1) is 29.4 Å². The summed E-state index contributed by atoms with van der Waals surface area (Å²) >= 11 is 13.3. The van der Waals surface area contributed by atoms with Gasteiger partial charge in [0.25, 0.3) is 0 Å². The maximum absolute atomic E-state index is 12.4. The molecule has 0 atom stereocenters. The number of aryl methyl sites for hydroxylation is 1. The summed E-state index contributed by atoms with van der Waals surface area (Å²) in [5.74, 6) is -0.205. The van der Waals surface area contributed by atoms with Crippen LogP contribution in [0.5, 0.6) is 0 Å². The maximum Gasteiger partial charge on any atom is 0.247 e. The van der Waals surface area contributed by atoms with Crippen LogP contribution >= 0.6 is 34.5 Å². The van der Waals surface area contributed by atoms with Crippen molar-refractivity contribution in [1.29, 1.82) is 0 Å². The van der Waals surface area contributed by atoms with Crippen LogP contribution < -0.4 is 10.5 Å². The van der Waals surface area contributed by atoms with Crippen molar-refractivity contribution in [2.24, 2.45) is 5.14 Å². The zero-order chi connectivity index (χ0) is 21.3. The van der Waals surface area contributed by atoms with Gasteiger partial charge in [0.2, 0.25) is 15.9 Å². The number of thiophene rings is 1. The monoisotopic (exact) mass is 472 g/mol. The van der Waals surface area contributed by atoms with Gasteiger partial charge in [-0.2, -0.15) is 5.10 Å². The molecule has 0 aliphatic carbocycles. The molecule has 1 amide bonds. The Morgan fingerprint density at radius 1 is 1.24 bits per heavy atom. The lowest BCUT2D eigenvalue weighted by atomic mass is 10.1. The minimum absolute atomic E-state index is 0.0644. The number of benzene rings is 1. The van der Waals surface area contributed by atoms with Gasteiger partial charge >= 0.3 is 0 Å². The van der Waals surface area contributed by atoms with Crippen LogP contribution in [0.3, 0.4) is 0 Å². The number of nitrogens with zero attached hydrogens (tertiary/aromatic N) is 2. The second kappa shape index (κ2) is 8.45. The first-order valence-corrected chi connectivity index (χ1v) is 11.6. The van der Waals surface area contributed by atoms with E-state index in [0.717, 1.165) is 28.3 Å². The van der Waals surface area contributed by atoms with E-state index in [4.69, 9.17) is 28.3 Å². The van der Waals surface area contributed by atoms with Crippen LogP contribution in [0, 0.1) is 13.8 Å². The third-order valence-corrected chi connectivity index (χ3v) is 7.36.